The molecule has 0 unspecified atom stereocenters. The highest BCUT2D eigenvalue weighted by molar-refractivity contribution is 7.26. The maximum Gasteiger partial charge on any atom is 0.165 e. The SMILES string of the molecule is CC1(C)c2ccccc2-c2c(-c3nc(-c4cccc5c4-c4ccccc4C5(C)C)nc(-c4cccc5c4sc4ccccc45)n3)cccc21. The highest BCUT2D eigenvalue weighted by atomic mass is 32.1. The van der Waals surface area contributed by atoms with Gasteiger partial charge in [0.05, 0.1) is 0 Å². The third-order valence-electron chi connectivity index (χ3n) is 11.0. The van der Waals surface area contributed by atoms with Crippen molar-refractivity contribution in [3.63, 3.8) is 0 Å². The Bertz CT molecular complexity index is 2550. The standard InChI is InChI=1S/C45H33N3S/c1-44(2)33-21-8-5-15-28(33)38-30(18-12-23-35(38)44)41-46-42(31-19-13-24-36-39(31)29-16-6-9-22-34(29)45(36,3)4)48-43(47-41)32-20-11-17-27-26-14-7-10-25-37(26)49-40(27)32/h5-25H,1-4H3. The third-order valence-corrected chi connectivity index (χ3v) is 12.2. The lowest BCUT2D eigenvalue weighted by Crippen LogP contribution is -2.15. The molecule has 6 aromatic carbocycles. The van der Waals surface area contributed by atoms with Gasteiger partial charge in [-0.2, -0.15) is 0 Å². The van der Waals surface area contributed by atoms with Crippen LogP contribution in [0.4, 0.5) is 0 Å². The van der Waals surface area contributed by atoms with Gasteiger partial charge in [0.15, 0.2) is 17.5 Å². The van der Waals surface area contributed by atoms with Crippen LogP contribution < -0.4 is 0 Å². The molecule has 2 aromatic heterocycles. The molecule has 0 bridgehead atoms. The van der Waals surface area contributed by atoms with E-state index in [4.69, 9.17) is 15.0 Å². The number of rotatable bonds is 3. The summed E-state index contributed by atoms with van der Waals surface area (Å²) in [6, 6.07) is 46.0. The molecule has 10 rings (SSSR count). The Kier molecular flexibility index (Phi) is 5.85. The zero-order chi connectivity index (χ0) is 33.1. The largest absolute Gasteiger partial charge is 0.208 e. The van der Waals surface area contributed by atoms with Gasteiger partial charge in [-0.05, 0) is 56.6 Å². The number of aromatic nitrogens is 3. The molecule has 0 spiro atoms. The van der Waals surface area contributed by atoms with Gasteiger partial charge in [0, 0.05) is 47.7 Å². The number of benzene rings is 6. The van der Waals surface area contributed by atoms with Gasteiger partial charge in [-0.3, -0.25) is 0 Å². The lowest BCUT2D eigenvalue weighted by molar-refractivity contribution is 0.660. The first-order valence-corrected chi connectivity index (χ1v) is 17.8. The summed E-state index contributed by atoms with van der Waals surface area (Å²) in [7, 11) is 0. The minimum atomic E-state index is -0.126. The van der Waals surface area contributed by atoms with Gasteiger partial charge < -0.3 is 0 Å². The van der Waals surface area contributed by atoms with E-state index in [0.29, 0.717) is 17.5 Å². The molecule has 2 heterocycles. The summed E-state index contributed by atoms with van der Waals surface area (Å²) in [6.07, 6.45) is 0. The van der Waals surface area contributed by atoms with E-state index in [1.54, 1.807) is 0 Å². The first-order valence-electron chi connectivity index (χ1n) is 17.0. The maximum absolute atomic E-state index is 5.40. The van der Waals surface area contributed by atoms with Crippen molar-refractivity contribution in [2.75, 3.05) is 0 Å². The van der Waals surface area contributed by atoms with Gasteiger partial charge >= 0.3 is 0 Å². The summed E-state index contributed by atoms with van der Waals surface area (Å²) in [5.74, 6) is 2.10. The van der Waals surface area contributed by atoms with Crippen molar-refractivity contribution in [2.24, 2.45) is 0 Å². The van der Waals surface area contributed by atoms with E-state index in [2.05, 4.69) is 155 Å². The highest BCUT2D eigenvalue weighted by Gasteiger charge is 2.39. The first kappa shape index (κ1) is 28.6. The predicted octanol–water partition coefficient (Wildman–Crippen LogP) is 11.9. The van der Waals surface area contributed by atoms with Crippen LogP contribution in [0.3, 0.4) is 0 Å². The number of hydrogen-bond donors (Lipinski definition) is 0. The van der Waals surface area contributed by atoms with Gasteiger partial charge in [-0.25, -0.2) is 15.0 Å². The normalized spacial score (nSPS) is 14.9. The molecule has 234 valence electrons. The number of nitrogens with zero attached hydrogens (tertiary/aromatic N) is 3. The molecule has 0 amide bonds. The van der Waals surface area contributed by atoms with Crippen LogP contribution in [-0.2, 0) is 10.8 Å². The molecule has 0 aliphatic heterocycles. The van der Waals surface area contributed by atoms with Crippen LogP contribution in [0.5, 0.6) is 0 Å². The number of thiophene rings is 1. The van der Waals surface area contributed by atoms with E-state index in [1.807, 2.05) is 11.3 Å². The molecule has 3 nitrogen and oxygen atoms in total. The van der Waals surface area contributed by atoms with Gasteiger partial charge in [0.1, 0.15) is 0 Å². The smallest absolute Gasteiger partial charge is 0.165 e. The fourth-order valence-corrected chi connectivity index (χ4v) is 9.75. The zero-order valence-corrected chi connectivity index (χ0v) is 28.7. The van der Waals surface area contributed by atoms with Crippen molar-refractivity contribution >= 4 is 31.5 Å². The van der Waals surface area contributed by atoms with Crippen molar-refractivity contribution in [3.05, 3.63) is 150 Å². The average Bonchev–Trinajstić information content (AvgIpc) is 3.71. The Morgan fingerprint density at radius 3 is 1.39 bits per heavy atom. The molecule has 0 radical (unpaired) electrons. The summed E-state index contributed by atoms with van der Waals surface area (Å²) in [5.41, 5.74) is 13.1. The summed E-state index contributed by atoms with van der Waals surface area (Å²) < 4.78 is 2.46. The van der Waals surface area contributed by atoms with Crippen LogP contribution in [0.15, 0.2) is 127 Å². The Morgan fingerprint density at radius 1 is 0.388 bits per heavy atom. The first-order chi connectivity index (χ1) is 23.8. The molecule has 2 aliphatic carbocycles. The second-order valence-corrected chi connectivity index (χ2v) is 15.4. The van der Waals surface area contributed by atoms with Crippen LogP contribution in [0.25, 0.3) is 76.6 Å². The van der Waals surface area contributed by atoms with E-state index in [1.165, 1.54) is 64.7 Å². The van der Waals surface area contributed by atoms with E-state index < -0.39 is 0 Å². The molecule has 0 saturated heterocycles. The minimum Gasteiger partial charge on any atom is -0.208 e. The Balaban J connectivity index is 1.29. The van der Waals surface area contributed by atoms with Crippen LogP contribution >= 0.6 is 11.3 Å². The van der Waals surface area contributed by atoms with Crippen molar-refractivity contribution in [1.82, 2.24) is 15.0 Å². The summed E-state index contributed by atoms with van der Waals surface area (Å²) in [5, 5.41) is 2.49. The van der Waals surface area contributed by atoms with Crippen LogP contribution in [0, 0.1) is 0 Å². The van der Waals surface area contributed by atoms with Crippen molar-refractivity contribution in [3.8, 4) is 56.4 Å². The molecule has 49 heavy (non-hydrogen) atoms. The Hall–Kier alpha value is -5.45. The van der Waals surface area contributed by atoms with Crippen LogP contribution in [-0.4, -0.2) is 15.0 Å². The Labute approximate surface area is 290 Å². The van der Waals surface area contributed by atoms with Crippen molar-refractivity contribution < 1.29 is 0 Å². The van der Waals surface area contributed by atoms with E-state index >= 15 is 0 Å². The van der Waals surface area contributed by atoms with E-state index in [-0.39, 0.29) is 10.8 Å². The molecule has 0 N–H and O–H groups in total. The van der Waals surface area contributed by atoms with Crippen molar-refractivity contribution in [2.45, 2.75) is 38.5 Å². The average molecular weight is 648 g/mol. The summed E-state index contributed by atoms with van der Waals surface area (Å²) >= 11 is 1.81. The minimum absolute atomic E-state index is 0.126. The molecular formula is C45H33N3S. The quantitative estimate of drug-likeness (QED) is 0.192. The van der Waals surface area contributed by atoms with Gasteiger partial charge in [0.25, 0.3) is 0 Å². The zero-order valence-electron chi connectivity index (χ0n) is 27.9. The maximum atomic E-state index is 5.40. The van der Waals surface area contributed by atoms with Gasteiger partial charge in [0.2, 0.25) is 0 Å². The monoisotopic (exact) mass is 647 g/mol. The lowest BCUT2D eigenvalue weighted by Gasteiger charge is -2.21. The Morgan fingerprint density at radius 2 is 0.796 bits per heavy atom. The number of fused-ring (bicyclic) bond motifs is 9. The topological polar surface area (TPSA) is 38.7 Å². The molecule has 0 atom stereocenters. The molecule has 0 fully saturated rings. The predicted molar refractivity (Wildman–Crippen MR) is 204 cm³/mol. The summed E-state index contributed by atoms with van der Waals surface area (Å²) in [6.45, 7) is 9.28. The van der Waals surface area contributed by atoms with E-state index in [9.17, 15) is 0 Å². The molecule has 2 aliphatic rings. The molecule has 0 saturated carbocycles. The molecule has 4 heteroatoms. The fraction of sp³-hybridized carbons (Fsp3) is 0.133. The third kappa shape index (κ3) is 3.92. The van der Waals surface area contributed by atoms with Gasteiger partial charge in [-0.15, -0.1) is 11.3 Å². The summed E-state index contributed by atoms with van der Waals surface area (Å²) in [4.78, 5) is 16.1. The molecular weight excluding hydrogens is 615 g/mol. The number of hydrogen-bond acceptors (Lipinski definition) is 4. The highest BCUT2D eigenvalue weighted by Crippen LogP contribution is 2.53. The second-order valence-electron chi connectivity index (χ2n) is 14.4. The molecule has 8 aromatic rings. The second kappa shape index (κ2) is 10.0. The lowest BCUT2D eigenvalue weighted by atomic mass is 9.82. The van der Waals surface area contributed by atoms with Crippen molar-refractivity contribution in [1.29, 1.82) is 0 Å². The van der Waals surface area contributed by atoms with Crippen LogP contribution in [0.1, 0.15) is 49.9 Å². The van der Waals surface area contributed by atoms with Gasteiger partial charge in [-0.1, -0.05) is 143 Å². The fourth-order valence-electron chi connectivity index (χ4n) is 8.54. The van der Waals surface area contributed by atoms with Crippen LogP contribution in [0.2, 0.25) is 0 Å². The van der Waals surface area contributed by atoms with E-state index in [0.717, 1.165) is 16.7 Å².